The molecule has 1 saturated heterocycles. The first-order valence-electron chi connectivity index (χ1n) is 5.27. The molecule has 13 heavy (non-hydrogen) atoms. The number of hydrogen-bond acceptors (Lipinski definition) is 2. The van der Waals surface area contributed by atoms with Gasteiger partial charge in [0.15, 0.2) is 0 Å². The predicted molar refractivity (Wildman–Crippen MR) is 52.5 cm³/mol. The summed E-state index contributed by atoms with van der Waals surface area (Å²) in [5, 5.41) is 0. The van der Waals surface area contributed by atoms with E-state index in [4.69, 9.17) is 0 Å². The van der Waals surface area contributed by atoms with Gasteiger partial charge in [0.2, 0.25) is 0 Å². The van der Waals surface area contributed by atoms with Crippen molar-refractivity contribution in [1.29, 1.82) is 0 Å². The van der Waals surface area contributed by atoms with Crippen molar-refractivity contribution in [3.63, 3.8) is 0 Å². The number of ketones is 1. The van der Waals surface area contributed by atoms with Gasteiger partial charge in [0.1, 0.15) is 5.78 Å². The fourth-order valence-electron chi connectivity index (χ4n) is 2.54. The third-order valence-corrected chi connectivity index (χ3v) is 3.50. The summed E-state index contributed by atoms with van der Waals surface area (Å²) >= 11 is 0. The summed E-state index contributed by atoms with van der Waals surface area (Å²) in [5.41, 5.74) is 0.238. The molecule has 2 heteroatoms. The number of nitrogens with zero attached hydrogens (tertiary/aromatic N) is 1. The Bertz CT molecular complexity index is 213. The Morgan fingerprint density at radius 1 is 1.15 bits per heavy atom. The lowest BCUT2D eigenvalue weighted by Gasteiger charge is -2.40. The van der Waals surface area contributed by atoms with Crippen LogP contribution >= 0.6 is 0 Å². The number of fused-ring (bicyclic) bond motifs is 2. The molecule has 0 spiro atoms. The maximum Gasteiger partial charge on any atom is 0.141 e. The van der Waals surface area contributed by atoms with Crippen LogP contribution in [0.4, 0.5) is 0 Å². The van der Waals surface area contributed by atoms with E-state index in [2.05, 4.69) is 25.7 Å². The summed E-state index contributed by atoms with van der Waals surface area (Å²) in [5.74, 6) is 1.26. The molecular weight excluding hydrogens is 162 g/mol. The third-order valence-electron chi connectivity index (χ3n) is 3.50. The van der Waals surface area contributed by atoms with E-state index in [0.29, 0.717) is 17.6 Å². The fraction of sp³-hybridized carbons (Fsp3) is 0.909. The molecular formula is C11H19NO. The second-order valence-electron chi connectivity index (χ2n) is 5.45. The summed E-state index contributed by atoms with van der Waals surface area (Å²) in [6.07, 6.45) is 2.27. The van der Waals surface area contributed by atoms with Crippen LogP contribution in [0.1, 0.15) is 33.6 Å². The number of carbonyl (C=O) groups is 1. The van der Waals surface area contributed by atoms with Crippen molar-refractivity contribution in [3.05, 3.63) is 0 Å². The van der Waals surface area contributed by atoms with Crippen LogP contribution in [0, 0.1) is 11.8 Å². The van der Waals surface area contributed by atoms with Crippen LogP contribution in [0.25, 0.3) is 0 Å². The number of likely N-dealkylation sites (tertiary alicyclic amines) is 1. The Morgan fingerprint density at radius 2 is 1.62 bits per heavy atom. The molecule has 2 nitrogen and oxygen atoms in total. The molecule has 0 radical (unpaired) electrons. The number of Topliss-reactive ketones (excluding diaryl/α,β-unsaturated/α-hetero) is 1. The van der Waals surface area contributed by atoms with Crippen LogP contribution in [0.3, 0.4) is 0 Å². The second-order valence-corrected chi connectivity index (χ2v) is 5.45. The molecule has 2 atom stereocenters. The number of hydrogen-bond donors (Lipinski definition) is 0. The summed E-state index contributed by atoms with van der Waals surface area (Å²) in [4.78, 5) is 14.1. The third kappa shape index (κ3) is 1.52. The van der Waals surface area contributed by atoms with Gasteiger partial charge in [-0.3, -0.25) is 9.69 Å². The van der Waals surface area contributed by atoms with Gasteiger partial charge in [-0.25, -0.2) is 0 Å². The zero-order chi connectivity index (χ0) is 9.64. The minimum absolute atomic E-state index is 0.238. The van der Waals surface area contributed by atoms with E-state index in [1.807, 2.05) is 0 Å². The Hall–Kier alpha value is -0.370. The summed E-state index contributed by atoms with van der Waals surface area (Å²) in [6, 6.07) is 0. The predicted octanol–water partition coefficient (Wildman–Crippen LogP) is 1.70. The van der Waals surface area contributed by atoms with Gasteiger partial charge in [-0.2, -0.15) is 0 Å². The highest BCUT2D eigenvalue weighted by Gasteiger charge is 2.43. The normalized spacial score (nSPS) is 35.5. The first kappa shape index (κ1) is 9.20. The van der Waals surface area contributed by atoms with E-state index in [-0.39, 0.29) is 5.54 Å². The molecule has 1 aliphatic carbocycles. The average Bonchev–Trinajstić information content (AvgIpc) is 2.29. The number of rotatable bonds is 0. The quantitative estimate of drug-likeness (QED) is 0.567. The molecule has 2 rings (SSSR count). The molecule has 1 saturated carbocycles. The van der Waals surface area contributed by atoms with E-state index >= 15 is 0 Å². The SMILES string of the molecule is CC(C)(C)N1CC2CCC(C1)C2=O. The van der Waals surface area contributed by atoms with Gasteiger partial charge in [-0.1, -0.05) is 0 Å². The van der Waals surface area contributed by atoms with Gasteiger partial charge in [0, 0.05) is 30.5 Å². The van der Waals surface area contributed by atoms with Gasteiger partial charge in [-0.15, -0.1) is 0 Å². The van der Waals surface area contributed by atoms with E-state index < -0.39 is 0 Å². The summed E-state index contributed by atoms with van der Waals surface area (Å²) < 4.78 is 0. The van der Waals surface area contributed by atoms with E-state index in [1.54, 1.807) is 0 Å². The number of carbonyl (C=O) groups excluding carboxylic acids is 1. The summed E-state index contributed by atoms with van der Waals surface area (Å²) in [7, 11) is 0. The van der Waals surface area contributed by atoms with Crippen LogP contribution in [-0.4, -0.2) is 29.3 Å². The van der Waals surface area contributed by atoms with Gasteiger partial charge in [0.05, 0.1) is 0 Å². The monoisotopic (exact) mass is 181 g/mol. The molecule has 0 aromatic heterocycles. The highest BCUT2D eigenvalue weighted by atomic mass is 16.1. The van der Waals surface area contributed by atoms with Gasteiger partial charge in [0.25, 0.3) is 0 Å². The Labute approximate surface area is 80.3 Å². The maximum absolute atomic E-state index is 11.6. The lowest BCUT2D eigenvalue weighted by Crippen LogP contribution is -2.51. The molecule has 2 aliphatic rings. The van der Waals surface area contributed by atoms with Crippen LogP contribution in [-0.2, 0) is 4.79 Å². The van der Waals surface area contributed by atoms with Crippen molar-refractivity contribution in [1.82, 2.24) is 4.90 Å². The van der Waals surface area contributed by atoms with Crippen molar-refractivity contribution < 1.29 is 4.79 Å². The Balaban J connectivity index is 2.11. The minimum atomic E-state index is 0.238. The topological polar surface area (TPSA) is 20.3 Å². The standard InChI is InChI=1S/C11H19NO/c1-11(2,3)12-6-8-4-5-9(7-12)10(8)13/h8-9H,4-7H2,1-3H3. The molecule has 74 valence electrons. The van der Waals surface area contributed by atoms with Crippen molar-refractivity contribution in [2.24, 2.45) is 11.8 Å². The lowest BCUT2D eigenvalue weighted by molar-refractivity contribution is -0.129. The highest BCUT2D eigenvalue weighted by molar-refractivity contribution is 5.86. The molecule has 1 heterocycles. The first-order chi connectivity index (χ1) is 5.98. The van der Waals surface area contributed by atoms with Crippen molar-refractivity contribution >= 4 is 5.78 Å². The van der Waals surface area contributed by atoms with Gasteiger partial charge < -0.3 is 0 Å². The van der Waals surface area contributed by atoms with E-state index in [9.17, 15) is 4.79 Å². The van der Waals surface area contributed by atoms with Crippen molar-refractivity contribution in [2.45, 2.75) is 39.2 Å². The zero-order valence-corrected chi connectivity index (χ0v) is 8.84. The maximum atomic E-state index is 11.6. The Kier molecular flexibility index (Phi) is 1.99. The van der Waals surface area contributed by atoms with Crippen LogP contribution in [0.2, 0.25) is 0 Å². The highest BCUT2D eigenvalue weighted by Crippen LogP contribution is 2.35. The van der Waals surface area contributed by atoms with E-state index in [0.717, 1.165) is 25.9 Å². The van der Waals surface area contributed by atoms with Crippen LogP contribution in [0.15, 0.2) is 0 Å². The molecule has 2 unspecified atom stereocenters. The Morgan fingerprint density at radius 3 is 2.00 bits per heavy atom. The van der Waals surface area contributed by atoms with Gasteiger partial charge in [-0.05, 0) is 33.6 Å². The summed E-state index contributed by atoms with van der Waals surface area (Å²) in [6.45, 7) is 8.71. The molecule has 2 fully saturated rings. The van der Waals surface area contributed by atoms with Crippen molar-refractivity contribution in [3.8, 4) is 0 Å². The molecule has 0 aromatic rings. The molecule has 1 aliphatic heterocycles. The molecule has 0 amide bonds. The van der Waals surface area contributed by atoms with E-state index in [1.165, 1.54) is 0 Å². The molecule has 2 bridgehead atoms. The fourth-order valence-corrected chi connectivity index (χ4v) is 2.54. The van der Waals surface area contributed by atoms with Crippen LogP contribution in [0.5, 0.6) is 0 Å². The second kappa shape index (κ2) is 2.81. The molecule has 0 N–H and O–H groups in total. The zero-order valence-electron chi connectivity index (χ0n) is 8.84. The first-order valence-corrected chi connectivity index (χ1v) is 5.27. The largest absolute Gasteiger partial charge is 0.299 e. The van der Waals surface area contributed by atoms with Crippen LogP contribution < -0.4 is 0 Å². The number of piperidine rings is 1. The minimum Gasteiger partial charge on any atom is -0.299 e. The molecule has 0 aromatic carbocycles. The smallest absolute Gasteiger partial charge is 0.141 e. The van der Waals surface area contributed by atoms with Crippen molar-refractivity contribution in [2.75, 3.05) is 13.1 Å². The van der Waals surface area contributed by atoms with Gasteiger partial charge >= 0.3 is 0 Å². The average molecular weight is 181 g/mol. The lowest BCUT2D eigenvalue weighted by atomic mass is 9.92.